The number of carbonyl (C=O) groups is 2. The molecule has 31 heavy (non-hydrogen) atoms. The van der Waals surface area contributed by atoms with E-state index in [-0.39, 0.29) is 23.3 Å². The molecule has 1 aromatic heterocycles. The van der Waals surface area contributed by atoms with Gasteiger partial charge in [-0.15, -0.1) is 0 Å². The minimum Gasteiger partial charge on any atom is -0.340 e. The summed E-state index contributed by atoms with van der Waals surface area (Å²) < 4.78 is 1.93. The fourth-order valence-electron chi connectivity index (χ4n) is 5.24. The number of aryl methyl sites for hydroxylation is 2. The molecule has 0 unspecified atom stereocenters. The number of rotatable bonds is 3. The lowest BCUT2D eigenvalue weighted by atomic mass is 9.71. The van der Waals surface area contributed by atoms with Gasteiger partial charge in [0.2, 0.25) is 5.91 Å². The summed E-state index contributed by atoms with van der Waals surface area (Å²) in [6.45, 7) is 10.3. The Hall–Kier alpha value is -2.63. The van der Waals surface area contributed by atoms with Gasteiger partial charge < -0.3 is 10.6 Å². The second-order valence-electron chi connectivity index (χ2n) is 10.2. The van der Waals surface area contributed by atoms with Gasteiger partial charge in [0.1, 0.15) is 11.9 Å². The minimum absolute atomic E-state index is 0.0612. The van der Waals surface area contributed by atoms with Crippen LogP contribution in [0.2, 0.25) is 0 Å². The van der Waals surface area contributed by atoms with Gasteiger partial charge in [0.05, 0.1) is 11.2 Å². The van der Waals surface area contributed by atoms with Crippen LogP contribution in [0.4, 0.5) is 5.82 Å². The highest BCUT2D eigenvalue weighted by atomic mass is 16.2. The Kier molecular flexibility index (Phi) is 5.67. The average molecular weight is 423 g/mol. The average Bonchev–Trinajstić information content (AvgIpc) is 3.05. The Morgan fingerprint density at radius 1 is 1.16 bits per heavy atom. The molecule has 2 amide bonds. The van der Waals surface area contributed by atoms with E-state index in [1.807, 2.05) is 36.7 Å². The SMILES string of the molecule is Cc1cccc(C(=O)N[C@@H]2C(=O)Nc3c(c(C)nn3C(C)(C)C)[C@H]2C2CCCCC2)c1. The summed E-state index contributed by atoms with van der Waals surface area (Å²) in [5.74, 6) is 0.752. The molecule has 6 heteroatoms. The maximum Gasteiger partial charge on any atom is 0.251 e. The van der Waals surface area contributed by atoms with Gasteiger partial charge in [-0.25, -0.2) is 4.68 Å². The van der Waals surface area contributed by atoms with Crippen molar-refractivity contribution in [1.82, 2.24) is 15.1 Å². The van der Waals surface area contributed by atoms with E-state index in [0.29, 0.717) is 11.5 Å². The van der Waals surface area contributed by atoms with Gasteiger partial charge in [-0.2, -0.15) is 5.10 Å². The molecule has 0 spiro atoms. The third kappa shape index (κ3) is 4.12. The summed E-state index contributed by atoms with van der Waals surface area (Å²) in [6, 6.07) is 6.90. The van der Waals surface area contributed by atoms with E-state index >= 15 is 0 Å². The first kappa shape index (κ1) is 21.6. The van der Waals surface area contributed by atoms with E-state index in [0.717, 1.165) is 35.5 Å². The van der Waals surface area contributed by atoms with Crippen LogP contribution in [0.1, 0.15) is 86.0 Å². The van der Waals surface area contributed by atoms with Crippen LogP contribution in [0.5, 0.6) is 0 Å². The molecule has 1 fully saturated rings. The van der Waals surface area contributed by atoms with Crippen molar-refractivity contribution in [1.29, 1.82) is 0 Å². The number of nitrogens with zero attached hydrogens (tertiary/aromatic N) is 2. The molecule has 2 heterocycles. The molecule has 0 saturated heterocycles. The summed E-state index contributed by atoms with van der Waals surface area (Å²) in [4.78, 5) is 26.5. The van der Waals surface area contributed by atoms with Gasteiger partial charge in [0.25, 0.3) is 5.91 Å². The number of amides is 2. The Labute approximate surface area is 184 Å². The number of fused-ring (bicyclic) bond motifs is 1. The predicted octanol–water partition coefficient (Wildman–Crippen LogP) is 4.67. The minimum atomic E-state index is -0.597. The highest BCUT2D eigenvalue weighted by molar-refractivity contribution is 6.03. The largest absolute Gasteiger partial charge is 0.340 e. The van der Waals surface area contributed by atoms with Crippen LogP contribution in [0.15, 0.2) is 24.3 Å². The fourth-order valence-corrected chi connectivity index (χ4v) is 5.24. The summed E-state index contributed by atoms with van der Waals surface area (Å²) in [5, 5.41) is 11.0. The third-order valence-electron chi connectivity index (χ3n) is 6.68. The van der Waals surface area contributed by atoms with E-state index in [1.165, 1.54) is 19.3 Å². The van der Waals surface area contributed by atoms with Crippen molar-refractivity contribution in [2.45, 2.75) is 84.2 Å². The lowest BCUT2D eigenvalue weighted by molar-refractivity contribution is -0.119. The zero-order chi connectivity index (χ0) is 22.3. The first-order chi connectivity index (χ1) is 14.7. The molecule has 4 rings (SSSR count). The van der Waals surface area contributed by atoms with E-state index in [2.05, 4.69) is 31.4 Å². The number of nitrogens with one attached hydrogen (secondary N) is 2. The zero-order valence-corrected chi connectivity index (χ0v) is 19.3. The first-order valence-electron chi connectivity index (χ1n) is 11.4. The standard InChI is InChI=1S/C25H34N4O2/c1-15-10-9-13-18(14-15)23(30)26-21-20(17-11-7-6-8-12-17)19-16(2)28-29(25(3,4)5)22(19)27-24(21)31/h9-10,13-14,17,20-21H,6-8,11-12H2,1-5H3,(H,26,30)(H,27,31)/t20-,21+/m1/s1. The van der Waals surface area contributed by atoms with E-state index < -0.39 is 6.04 Å². The molecule has 1 aliphatic carbocycles. The summed E-state index contributed by atoms with van der Waals surface area (Å²) in [6.07, 6.45) is 5.73. The summed E-state index contributed by atoms with van der Waals surface area (Å²) >= 11 is 0. The van der Waals surface area contributed by atoms with Crippen LogP contribution in [0, 0.1) is 19.8 Å². The van der Waals surface area contributed by atoms with Gasteiger partial charge in [-0.1, -0.05) is 37.0 Å². The van der Waals surface area contributed by atoms with Gasteiger partial charge in [-0.05, 0) is 65.5 Å². The lowest BCUT2D eigenvalue weighted by Crippen LogP contribution is -2.52. The quantitative estimate of drug-likeness (QED) is 0.755. The predicted molar refractivity (Wildman–Crippen MR) is 122 cm³/mol. The second-order valence-corrected chi connectivity index (χ2v) is 10.2. The molecule has 1 aromatic carbocycles. The molecule has 0 radical (unpaired) electrons. The normalized spacial score (nSPS) is 22.0. The van der Waals surface area contributed by atoms with Gasteiger partial charge in [0.15, 0.2) is 0 Å². The Morgan fingerprint density at radius 3 is 2.52 bits per heavy atom. The number of carbonyl (C=O) groups excluding carboxylic acids is 2. The van der Waals surface area contributed by atoms with Crippen LogP contribution >= 0.6 is 0 Å². The second kappa shape index (κ2) is 8.13. The van der Waals surface area contributed by atoms with Gasteiger partial charge in [0, 0.05) is 17.0 Å². The van der Waals surface area contributed by atoms with Crippen molar-refractivity contribution in [2.75, 3.05) is 5.32 Å². The van der Waals surface area contributed by atoms with E-state index in [9.17, 15) is 9.59 Å². The molecule has 2 atom stereocenters. The maximum atomic E-state index is 13.4. The van der Waals surface area contributed by atoms with Crippen LogP contribution in [-0.2, 0) is 10.3 Å². The third-order valence-corrected chi connectivity index (χ3v) is 6.68. The van der Waals surface area contributed by atoms with Crippen LogP contribution in [0.25, 0.3) is 0 Å². The number of anilines is 1. The fraction of sp³-hybridized carbons (Fsp3) is 0.560. The maximum absolute atomic E-state index is 13.4. The van der Waals surface area contributed by atoms with Crippen molar-refractivity contribution in [3.05, 3.63) is 46.6 Å². The van der Waals surface area contributed by atoms with Gasteiger partial charge >= 0.3 is 0 Å². The van der Waals surface area contributed by atoms with Crippen molar-refractivity contribution in [3.63, 3.8) is 0 Å². The number of benzene rings is 1. The molecule has 2 aliphatic rings. The molecule has 6 nitrogen and oxygen atoms in total. The van der Waals surface area contributed by atoms with Crippen molar-refractivity contribution in [2.24, 2.45) is 5.92 Å². The van der Waals surface area contributed by atoms with Crippen molar-refractivity contribution < 1.29 is 9.59 Å². The molecule has 1 aliphatic heterocycles. The smallest absolute Gasteiger partial charge is 0.251 e. The molecule has 0 bridgehead atoms. The molecule has 166 valence electrons. The van der Waals surface area contributed by atoms with Crippen molar-refractivity contribution >= 4 is 17.6 Å². The van der Waals surface area contributed by atoms with Crippen LogP contribution in [-0.4, -0.2) is 27.6 Å². The highest BCUT2D eigenvalue weighted by Crippen LogP contribution is 2.45. The first-order valence-corrected chi connectivity index (χ1v) is 11.4. The zero-order valence-electron chi connectivity index (χ0n) is 19.3. The topological polar surface area (TPSA) is 76.0 Å². The number of aromatic nitrogens is 2. The van der Waals surface area contributed by atoms with Crippen LogP contribution < -0.4 is 10.6 Å². The Morgan fingerprint density at radius 2 is 1.87 bits per heavy atom. The summed E-state index contributed by atoms with van der Waals surface area (Å²) in [7, 11) is 0. The van der Waals surface area contributed by atoms with E-state index in [4.69, 9.17) is 5.10 Å². The molecule has 1 saturated carbocycles. The lowest BCUT2D eigenvalue weighted by Gasteiger charge is -2.39. The molecular weight excluding hydrogens is 388 g/mol. The highest BCUT2D eigenvalue weighted by Gasteiger charge is 2.45. The molecular formula is C25H34N4O2. The number of hydrogen-bond acceptors (Lipinski definition) is 3. The van der Waals surface area contributed by atoms with Crippen molar-refractivity contribution in [3.8, 4) is 0 Å². The Bertz CT molecular complexity index is 995. The molecule has 2 N–H and O–H groups in total. The monoisotopic (exact) mass is 422 g/mol. The van der Waals surface area contributed by atoms with Gasteiger partial charge in [-0.3, -0.25) is 9.59 Å². The molecule has 2 aromatic rings. The Balaban J connectivity index is 1.75. The number of hydrogen-bond donors (Lipinski definition) is 2. The summed E-state index contributed by atoms with van der Waals surface area (Å²) in [5.41, 5.74) is 3.39. The van der Waals surface area contributed by atoms with Crippen LogP contribution in [0.3, 0.4) is 0 Å². The van der Waals surface area contributed by atoms with E-state index in [1.54, 1.807) is 6.07 Å².